The van der Waals surface area contributed by atoms with Crippen molar-refractivity contribution in [3.8, 4) is 0 Å². The van der Waals surface area contributed by atoms with Gasteiger partial charge in [0.25, 0.3) is 5.91 Å². The van der Waals surface area contributed by atoms with Crippen LogP contribution < -0.4 is 5.32 Å². The van der Waals surface area contributed by atoms with Crippen LogP contribution >= 0.6 is 22.9 Å². The average molecular weight is 268 g/mol. The zero-order valence-electron chi connectivity index (χ0n) is 9.11. The lowest BCUT2D eigenvalue weighted by atomic mass is 10.2. The quantitative estimate of drug-likeness (QED) is 0.929. The van der Waals surface area contributed by atoms with Gasteiger partial charge < -0.3 is 5.32 Å². The topological polar surface area (TPSA) is 54.9 Å². The third kappa shape index (κ3) is 3.01. The van der Waals surface area contributed by atoms with E-state index in [9.17, 15) is 4.79 Å². The van der Waals surface area contributed by atoms with Crippen LogP contribution in [-0.2, 0) is 6.54 Å². The van der Waals surface area contributed by atoms with Crippen molar-refractivity contribution in [2.75, 3.05) is 0 Å². The molecule has 0 spiro atoms. The van der Waals surface area contributed by atoms with Crippen molar-refractivity contribution >= 4 is 28.8 Å². The summed E-state index contributed by atoms with van der Waals surface area (Å²) in [5.74, 6) is -0.240. The number of rotatable bonds is 3. The Morgan fingerprint density at radius 3 is 3.00 bits per heavy atom. The van der Waals surface area contributed by atoms with Gasteiger partial charge in [0, 0.05) is 17.3 Å². The van der Waals surface area contributed by atoms with Gasteiger partial charge in [-0.25, -0.2) is 4.98 Å². The van der Waals surface area contributed by atoms with E-state index in [-0.39, 0.29) is 5.91 Å². The molecule has 0 bridgehead atoms. The Morgan fingerprint density at radius 2 is 2.35 bits per heavy atom. The number of pyridine rings is 1. The van der Waals surface area contributed by atoms with Gasteiger partial charge >= 0.3 is 0 Å². The van der Waals surface area contributed by atoms with E-state index in [4.69, 9.17) is 11.6 Å². The first kappa shape index (κ1) is 12.0. The molecule has 2 aromatic heterocycles. The van der Waals surface area contributed by atoms with Crippen LogP contribution in [0.1, 0.15) is 21.7 Å². The Balaban J connectivity index is 2.04. The summed E-state index contributed by atoms with van der Waals surface area (Å²) in [4.78, 5) is 19.9. The third-order valence-corrected chi connectivity index (χ3v) is 3.10. The number of carbonyl (C=O) groups excluding carboxylic acids is 1. The van der Waals surface area contributed by atoms with Gasteiger partial charge in [-0.15, -0.1) is 11.3 Å². The number of hydrogen-bond acceptors (Lipinski definition) is 4. The van der Waals surface area contributed by atoms with Crippen LogP contribution in [0, 0.1) is 6.92 Å². The number of nitrogens with one attached hydrogen (secondary N) is 1. The molecule has 0 fully saturated rings. The molecule has 0 aliphatic carbocycles. The maximum atomic E-state index is 11.8. The number of hydrogen-bond donors (Lipinski definition) is 1. The molecule has 2 heterocycles. The van der Waals surface area contributed by atoms with E-state index in [0.29, 0.717) is 17.1 Å². The summed E-state index contributed by atoms with van der Waals surface area (Å²) < 4.78 is 0. The van der Waals surface area contributed by atoms with Crippen LogP contribution in [-0.4, -0.2) is 15.9 Å². The molecular formula is C11H10ClN3OS. The number of halogens is 1. The molecule has 1 amide bonds. The van der Waals surface area contributed by atoms with E-state index in [1.54, 1.807) is 11.6 Å². The number of carbonyl (C=O) groups is 1. The molecule has 0 aromatic carbocycles. The molecule has 1 N–H and O–H groups in total. The van der Waals surface area contributed by atoms with Gasteiger partial charge in [0.2, 0.25) is 0 Å². The summed E-state index contributed by atoms with van der Waals surface area (Å²) in [6.07, 6.45) is 1.48. The zero-order chi connectivity index (χ0) is 12.3. The molecule has 0 aliphatic heterocycles. The smallest absolute Gasteiger partial charge is 0.254 e. The number of aryl methyl sites for hydroxylation is 1. The lowest BCUT2D eigenvalue weighted by molar-refractivity contribution is 0.0950. The van der Waals surface area contributed by atoms with Crippen molar-refractivity contribution in [3.05, 3.63) is 45.1 Å². The van der Waals surface area contributed by atoms with Gasteiger partial charge in [-0.2, -0.15) is 0 Å². The highest BCUT2D eigenvalue weighted by Gasteiger charge is 2.10. The molecular weight excluding hydrogens is 258 g/mol. The van der Waals surface area contributed by atoms with Crippen LogP contribution in [0.15, 0.2) is 23.2 Å². The predicted octanol–water partition coefficient (Wildman–Crippen LogP) is 2.43. The molecule has 0 unspecified atom stereocenters. The lowest BCUT2D eigenvalue weighted by Crippen LogP contribution is -2.23. The van der Waals surface area contributed by atoms with Gasteiger partial charge in [-0.3, -0.25) is 9.78 Å². The summed E-state index contributed by atoms with van der Waals surface area (Å²) in [6, 6.07) is 1.67. The largest absolute Gasteiger partial charge is 0.346 e. The normalized spacial score (nSPS) is 10.2. The van der Waals surface area contributed by atoms with Gasteiger partial charge in [0.05, 0.1) is 28.3 Å². The number of nitrogens with zero attached hydrogens (tertiary/aromatic N) is 2. The first-order valence-electron chi connectivity index (χ1n) is 4.94. The zero-order valence-corrected chi connectivity index (χ0v) is 10.7. The molecule has 2 aromatic rings. The fraction of sp³-hybridized carbons (Fsp3) is 0.182. The molecule has 0 radical (unpaired) electrons. The van der Waals surface area contributed by atoms with E-state index >= 15 is 0 Å². The first-order valence-corrected chi connectivity index (χ1v) is 6.26. The van der Waals surface area contributed by atoms with Crippen molar-refractivity contribution in [1.82, 2.24) is 15.3 Å². The molecule has 0 aliphatic rings. The Labute approximate surface area is 108 Å². The summed E-state index contributed by atoms with van der Waals surface area (Å²) in [5.41, 5.74) is 3.72. The van der Waals surface area contributed by atoms with Crippen molar-refractivity contribution < 1.29 is 4.79 Å². The summed E-state index contributed by atoms with van der Waals surface area (Å²) in [7, 11) is 0. The van der Waals surface area contributed by atoms with Gasteiger partial charge in [-0.1, -0.05) is 11.6 Å². The van der Waals surface area contributed by atoms with E-state index < -0.39 is 0 Å². The van der Waals surface area contributed by atoms with Crippen molar-refractivity contribution in [1.29, 1.82) is 0 Å². The average Bonchev–Trinajstić information content (AvgIpc) is 2.78. The molecule has 88 valence electrons. The Hall–Kier alpha value is -1.46. The summed E-state index contributed by atoms with van der Waals surface area (Å²) >= 11 is 7.46. The second kappa shape index (κ2) is 5.25. The number of thiazole rings is 1. The van der Waals surface area contributed by atoms with E-state index in [1.807, 2.05) is 12.3 Å². The number of aromatic nitrogens is 2. The maximum absolute atomic E-state index is 11.8. The minimum atomic E-state index is -0.240. The van der Waals surface area contributed by atoms with Crippen LogP contribution in [0.3, 0.4) is 0 Å². The van der Waals surface area contributed by atoms with Crippen molar-refractivity contribution in [2.45, 2.75) is 13.5 Å². The molecule has 0 saturated carbocycles. The highest BCUT2D eigenvalue weighted by atomic mass is 35.5. The predicted molar refractivity (Wildman–Crippen MR) is 67.3 cm³/mol. The Bertz CT molecular complexity index is 528. The molecule has 2 rings (SSSR count). The third-order valence-electron chi connectivity index (χ3n) is 2.15. The highest BCUT2D eigenvalue weighted by molar-refractivity contribution is 7.07. The van der Waals surface area contributed by atoms with Crippen LogP contribution in [0.2, 0.25) is 5.02 Å². The second-order valence-corrected chi connectivity index (χ2v) is 4.59. The van der Waals surface area contributed by atoms with Gasteiger partial charge in [0.1, 0.15) is 0 Å². The van der Waals surface area contributed by atoms with E-state index in [1.165, 1.54) is 17.5 Å². The summed E-state index contributed by atoms with van der Waals surface area (Å²) in [6.45, 7) is 2.22. The highest BCUT2D eigenvalue weighted by Crippen LogP contribution is 2.15. The van der Waals surface area contributed by atoms with Crippen molar-refractivity contribution in [3.63, 3.8) is 0 Å². The van der Waals surface area contributed by atoms with Crippen LogP contribution in [0.4, 0.5) is 0 Å². The molecule has 4 nitrogen and oxygen atoms in total. The van der Waals surface area contributed by atoms with Crippen LogP contribution in [0.5, 0.6) is 0 Å². The lowest BCUT2D eigenvalue weighted by Gasteiger charge is -2.05. The molecule has 17 heavy (non-hydrogen) atoms. The van der Waals surface area contributed by atoms with Crippen LogP contribution in [0.25, 0.3) is 0 Å². The molecule has 0 saturated heterocycles. The maximum Gasteiger partial charge on any atom is 0.254 e. The van der Waals surface area contributed by atoms with Gasteiger partial charge in [-0.05, 0) is 13.0 Å². The fourth-order valence-electron chi connectivity index (χ4n) is 1.28. The molecule has 0 atom stereocenters. The Morgan fingerprint density at radius 1 is 1.53 bits per heavy atom. The monoisotopic (exact) mass is 267 g/mol. The minimum Gasteiger partial charge on any atom is -0.346 e. The van der Waals surface area contributed by atoms with E-state index in [0.717, 1.165) is 11.4 Å². The van der Waals surface area contributed by atoms with Gasteiger partial charge in [0.15, 0.2) is 0 Å². The second-order valence-electron chi connectivity index (χ2n) is 3.47. The first-order chi connectivity index (χ1) is 8.16. The molecule has 6 heteroatoms. The number of amides is 1. The Kier molecular flexibility index (Phi) is 3.71. The van der Waals surface area contributed by atoms with E-state index in [2.05, 4.69) is 15.3 Å². The standard InChI is InChI=1S/C11H10ClN3OS/c1-7-2-10(12)9(4-13-7)11(16)14-3-8-5-17-6-15-8/h2,4-6H,3H2,1H3,(H,14,16). The SMILES string of the molecule is Cc1cc(Cl)c(C(=O)NCc2cscn2)cn1. The fourth-order valence-corrected chi connectivity index (χ4v) is 2.14. The minimum absolute atomic E-state index is 0.240. The van der Waals surface area contributed by atoms with Crippen molar-refractivity contribution in [2.24, 2.45) is 0 Å². The summed E-state index contributed by atoms with van der Waals surface area (Å²) in [5, 5.41) is 5.04.